The fraction of sp³-hybridized carbons (Fsp3) is 0.500. The summed E-state index contributed by atoms with van der Waals surface area (Å²) in [4.78, 5) is 21.6. The molecule has 0 aromatic heterocycles. The van der Waals surface area contributed by atoms with Crippen molar-refractivity contribution < 1.29 is 4.79 Å². The summed E-state index contributed by atoms with van der Waals surface area (Å²) in [6, 6.07) is 17.3. The number of amides is 1. The van der Waals surface area contributed by atoms with Gasteiger partial charge in [0.1, 0.15) is 0 Å². The maximum atomic E-state index is 12.8. The van der Waals surface area contributed by atoms with Crippen LogP contribution in [-0.4, -0.2) is 69.6 Å². The smallest absolute Gasteiger partial charge is 0.236 e. The van der Waals surface area contributed by atoms with Crippen LogP contribution >= 0.6 is 0 Å². The predicted molar refractivity (Wildman–Crippen MR) is 129 cm³/mol. The predicted octanol–water partition coefficient (Wildman–Crippen LogP) is 3.49. The first-order valence-corrected chi connectivity index (χ1v) is 11.5. The molecule has 166 valence electrons. The summed E-state index contributed by atoms with van der Waals surface area (Å²) in [6.45, 7) is 5.55. The van der Waals surface area contributed by atoms with E-state index in [1.165, 1.54) is 41.8 Å². The highest BCUT2D eigenvalue weighted by molar-refractivity contribution is 5.78. The maximum Gasteiger partial charge on any atom is 0.236 e. The second-order valence-corrected chi connectivity index (χ2v) is 9.35. The van der Waals surface area contributed by atoms with Gasteiger partial charge in [0, 0.05) is 52.2 Å². The van der Waals surface area contributed by atoms with E-state index in [4.69, 9.17) is 0 Å². The Balaban J connectivity index is 1.21. The number of hydrogen-bond acceptors (Lipinski definition) is 4. The molecule has 2 aromatic carbocycles. The highest BCUT2D eigenvalue weighted by atomic mass is 16.2. The molecule has 0 N–H and O–H groups in total. The van der Waals surface area contributed by atoms with E-state index in [2.05, 4.69) is 63.2 Å². The fourth-order valence-corrected chi connectivity index (χ4v) is 4.81. The molecule has 1 saturated heterocycles. The van der Waals surface area contributed by atoms with Gasteiger partial charge in [-0.1, -0.05) is 30.3 Å². The topological polar surface area (TPSA) is 30.0 Å². The monoisotopic (exact) mass is 420 g/mol. The summed E-state index contributed by atoms with van der Waals surface area (Å²) in [5, 5.41) is 0. The van der Waals surface area contributed by atoms with E-state index in [-0.39, 0.29) is 5.91 Å². The lowest BCUT2D eigenvalue weighted by atomic mass is 9.96. The van der Waals surface area contributed by atoms with Crippen LogP contribution in [0.4, 0.5) is 11.4 Å². The van der Waals surface area contributed by atoms with E-state index in [0.29, 0.717) is 13.1 Å². The van der Waals surface area contributed by atoms with Crippen molar-refractivity contribution in [2.24, 2.45) is 5.92 Å². The van der Waals surface area contributed by atoms with Gasteiger partial charge in [0.25, 0.3) is 0 Å². The Kier molecular flexibility index (Phi) is 6.81. The van der Waals surface area contributed by atoms with Crippen LogP contribution < -0.4 is 9.80 Å². The van der Waals surface area contributed by atoms with Gasteiger partial charge in [-0.05, 0) is 67.6 Å². The number of rotatable bonds is 7. The Morgan fingerprint density at radius 2 is 1.68 bits per heavy atom. The third kappa shape index (κ3) is 5.40. The number of piperidine rings is 1. The van der Waals surface area contributed by atoms with Crippen molar-refractivity contribution in [3.8, 4) is 0 Å². The molecule has 1 fully saturated rings. The molecule has 0 spiro atoms. The van der Waals surface area contributed by atoms with Crippen molar-refractivity contribution in [2.75, 3.05) is 63.7 Å². The van der Waals surface area contributed by atoms with Crippen molar-refractivity contribution in [2.45, 2.75) is 25.8 Å². The molecule has 0 unspecified atom stereocenters. The number of para-hydroxylation sites is 1. The van der Waals surface area contributed by atoms with E-state index in [9.17, 15) is 4.79 Å². The van der Waals surface area contributed by atoms with E-state index < -0.39 is 0 Å². The maximum absolute atomic E-state index is 12.8. The van der Waals surface area contributed by atoms with Crippen LogP contribution in [0.5, 0.6) is 0 Å². The number of likely N-dealkylation sites (tertiary alicyclic amines) is 1. The molecular weight excluding hydrogens is 384 g/mol. The van der Waals surface area contributed by atoms with Gasteiger partial charge < -0.3 is 14.7 Å². The van der Waals surface area contributed by atoms with Crippen LogP contribution in [0.3, 0.4) is 0 Å². The summed E-state index contributed by atoms with van der Waals surface area (Å²) in [6.07, 6.45) is 3.54. The first-order chi connectivity index (χ1) is 15.0. The van der Waals surface area contributed by atoms with Crippen LogP contribution in [0.2, 0.25) is 0 Å². The molecule has 2 aromatic rings. The van der Waals surface area contributed by atoms with Crippen LogP contribution in [-0.2, 0) is 17.8 Å². The fourth-order valence-electron chi connectivity index (χ4n) is 4.81. The molecule has 0 aliphatic carbocycles. The Bertz CT molecular complexity index is 871. The van der Waals surface area contributed by atoms with Crippen molar-refractivity contribution in [1.82, 2.24) is 9.80 Å². The standard InChI is InChI=1S/C26H36N4O/c1-27(2)24-10-8-21(9-11-24)18-28(3)26(31)20-29-15-12-22(13-16-29)19-30-17-14-23-6-4-5-7-25(23)30/h4-11,22H,12-20H2,1-3H3. The first-order valence-electron chi connectivity index (χ1n) is 11.5. The number of carbonyl (C=O) groups is 1. The zero-order chi connectivity index (χ0) is 21.8. The van der Waals surface area contributed by atoms with Crippen LogP contribution in [0.1, 0.15) is 24.0 Å². The van der Waals surface area contributed by atoms with E-state index in [1.54, 1.807) is 0 Å². The molecule has 4 rings (SSSR count). The van der Waals surface area contributed by atoms with Gasteiger partial charge in [-0.3, -0.25) is 9.69 Å². The Hall–Kier alpha value is -2.53. The van der Waals surface area contributed by atoms with Crippen molar-refractivity contribution in [1.29, 1.82) is 0 Å². The molecule has 5 nitrogen and oxygen atoms in total. The molecule has 2 aliphatic rings. The molecule has 0 bridgehead atoms. The molecule has 5 heteroatoms. The largest absolute Gasteiger partial charge is 0.378 e. The minimum Gasteiger partial charge on any atom is -0.378 e. The van der Waals surface area contributed by atoms with Gasteiger partial charge in [0.05, 0.1) is 6.54 Å². The van der Waals surface area contributed by atoms with Crippen LogP contribution in [0, 0.1) is 5.92 Å². The Labute approximate surface area is 187 Å². The quantitative estimate of drug-likeness (QED) is 0.686. The SMILES string of the molecule is CN(Cc1ccc(N(C)C)cc1)C(=O)CN1CCC(CN2CCc3ccccc32)CC1. The minimum atomic E-state index is 0.212. The number of nitrogens with zero attached hydrogens (tertiary/aromatic N) is 4. The van der Waals surface area contributed by atoms with Gasteiger partial charge in [0.15, 0.2) is 0 Å². The molecule has 0 saturated carbocycles. The van der Waals surface area contributed by atoms with E-state index >= 15 is 0 Å². The lowest BCUT2D eigenvalue weighted by Crippen LogP contribution is -2.43. The Morgan fingerprint density at radius 1 is 0.968 bits per heavy atom. The molecule has 2 heterocycles. The van der Waals surface area contributed by atoms with Crippen LogP contribution in [0.25, 0.3) is 0 Å². The highest BCUT2D eigenvalue weighted by Crippen LogP contribution is 2.30. The number of carbonyl (C=O) groups excluding carboxylic acids is 1. The number of likely N-dealkylation sites (N-methyl/N-ethyl adjacent to an activating group) is 1. The number of benzene rings is 2. The highest BCUT2D eigenvalue weighted by Gasteiger charge is 2.26. The summed E-state index contributed by atoms with van der Waals surface area (Å²) >= 11 is 0. The summed E-state index contributed by atoms with van der Waals surface area (Å²) in [5.41, 5.74) is 5.27. The zero-order valence-corrected chi connectivity index (χ0v) is 19.3. The molecule has 0 atom stereocenters. The summed E-state index contributed by atoms with van der Waals surface area (Å²) < 4.78 is 0. The average Bonchev–Trinajstić information content (AvgIpc) is 3.18. The molecular formula is C26H36N4O. The lowest BCUT2D eigenvalue weighted by Gasteiger charge is -2.35. The minimum absolute atomic E-state index is 0.212. The van der Waals surface area contributed by atoms with Gasteiger partial charge >= 0.3 is 0 Å². The molecule has 0 radical (unpaired) electrons. The van der Waals surface area contributed by atoms with Crippen LogP contribution in [0.15, 0.2) is 48.5 Å². The van der Waals surface area contributed by atoms with Gasteiger partial charge in [-0.25, -0.2) is 0 Å². The van der Waals surface area contributed by atoms with Crippen molar-refractivity contribution in [3.63, 3.8) is 0 Å². The van der Waals surface area contributed by atoms with Crippen molar-refractivity contribution >= 4 is 17.3 Å². The van der Waals surface area contributed by atoms with Gasteiger partial charge in [-0.15, -0.1) is 0 Å². The molecule has 31 heavy (non-hydrogen) atoms. The second kappa shape index (κ2) is 9.73. The number of anilines is 2. The van der Waals surface area contributed by atoms with Gasteiger partial charge in [0.2, 0.25) is 5.91 Å². The van der Waals surface area contributed by atoms with Gasteiger partial charge in [-0.2, -0.15) is 0 Å². The normalized spacial score (nSPS) is 16.9. The molecule has 1 amide bonds. The number of fused-ring (bicyclic) bond motifs is 1. The van der Waals surface area contributed by atoms with E-state index in [0.717, 1.165) is 32.1 Å². The summed E-state index contributed by atoms with van der Waals surface area (Å²) in [7, 11) is 6.00. The summed E-state index contributed by atoms with van der Waals surface area (Å²) in [5.74, 6) is 0.939. The Morgan fingerprint density at radius 3 is 2.39 bits per heavy atom. The van der Waals surface area contributed by atoms with E-state index in [1.807, 2.05) is 26.0 Å². The van der Waals surface area contributed by atoms with Crippen molar-refractivity contribution in [3.05, 3.63) is 59.7 Å². The average molecular weight is 421 g/mol. The third-order valence-corrected chi connectivity index (χ3v) is 6.83. The molecule has 2 aliphatic heterocycles. The zero-order valence-electron chi connectivity index (χ0n) is 19.3. The third-order valence-electron chi connectivity index (χ3n) is 6.83. The lowest BCUT2D eigenvalue weighted by molar-refractivity contribution is -0.132. The first kappa shape index (κ1) is 21.7. The number of hydrogen-bond donors (Lipinski definition) is 0. The second-order valence-electron chi connectivity index (χ2n) is 9.35.